The number of hydrogen-bond donors (Lipinski definition) is 1. The van der Waals surface area contributed by atoms with Crippen molar-refractivity contribution in [2.24, 2.45) is 5.73 Å². The summed E-state index contributed by atoms with van der Waals surface area (Å²) in [6.45, 7) is 8.25. The van der Waals surface area contributed by atoms with Crippen LogP contribution in [-0.4, -0.2) is 10.9 Å². The maximum Gasteiger partial charge on any atom is 0.248 e. The zero-order valence-corrected chi connectivity index (χ0v) is 9.45. The first-order valence-corrected chi connectivity index (χ1v) is 4.92. The Balaban J connectivity index is 0. The number of amides is 1. The molecule has 2 N–H and O–H groups in total. The molecule has 0 saturated carbocycles. The summed E-state index contributed by atoms with van der Waals surface area (Å²) in [4.78, 5) is 14.1. The number of pyridine rings is 1. The van der Waals surface area contributed by atoms with Gasteiger partial charge in [0.25, 0.3) is 0 Å². The monoisotopic (exact) mass is 196 g/mol. The average Bonchev–Trinajstić information content (AvgIpc) is 2.23. The SMILES string of the molecule is CC.CCC.NC(=O)c1ccncc1. The molecule has 3 heteroatoms. The summed E-state index contributed by atoms with van der Waals surface area (Å²) >= 11 is 0. The third-order valence-electron chi connectivity index (χ3n) is 0.965. The Hall–Kier alpha value is -1.38. The van der Waals surface area contributed by atoms with E-state index < -0.39 is 5.91 Å². The molecule has 0 aliphatic carbocycles. The Morgan fingerprint density at radius 3 is 1.86 bits per heavy atom. The summed E-state index contributed by atoms with van der Waals surface area (Å²) < 4.78 is 0. The lowest BCUT2D eigenvalue weighted by molar-refractivity contribution is 0.1000. The smallest absolute Gasteiger partial charge is 0.248 e. The first-order chi connectivity index (χ1) is 6.72. The second-order valence-electron chi connectivity index (χ2n) is 2.31. The highest BCUT2D eigenvalue weighted by Gasteiger charge is 1.94. The molecule has 80 valence electrons. The zero-order chi connectivity index (χ0) is 11.4. The minimum Gasteiger partial charge on any atom is -0.366 e. The number of hydrogen-bond acceptors (Lipinski definition) is 2. The first kappa shape index (κ1) is 15.1. The molecule has 1 aromatic heterocycles. The van der Waals surface area contributed by atoms with Crippen LogP contribution in [-0.2, 0) is 0 Å². The second-order valence-corrected chi connectivity index (χ2v) is 2.31. The largest absolute Gasteiger partial charge is 0.366 e. The summed E-state index contributed by atoms with van der Waals surface area (Å²) in [6.07, 6.45) is 4.31. The predicted molar refractivity (Wildman–Crippen MR) is 60.1 cm³/mol. The highest BCUT2D eigenvalue weighted by atomic mass is 16.1. The molecule has 14 heavy (non-hydrogen) atoms. The Bertz CT molecular complexity index is 222. The fourth-order valence-corrected chi connectivity index (χ4v) is 0.516. The predicted octanol–water partition coefficient (Wildman–Crippen LogP) is 2.62. The van der Waals surface area contributed by atoms with Gasteiger partial charge in [0.2, 0.25) is 5.91 Å². The van der Waals surface area contributed by atoms with Gasteiger partial charge in [-0.05, 0) is 12.1 Å². The number of nitrogens with two attached hydrogens (primary N) is 1. The molecule has 0 aromatic carbocycles. The molecule has 1 aromatic rings. The third kappa shape index (κ3) is 8.71. The van der Waals surface area contributed by atoms with Crippen LogP contribution in [0.5, 0.6) is 0 Å². The molecule has 0 saturated heterocycles. The lowest BCUT2D eigenvalue weighted by Gasteiger charge is -1.88. The van der Waals surface area contributed by atoms with Crippen molar-refractivity contribution in [2.45, 2.75) is 34.1 Å². The molecule has 0 aliphatic heterocycles. The van der Waals surface area contributed by atoms with Gasteiger partial charge < -0.3 is 5.73 Å². The van der Waals surface area contributed by atoms with E-state index in [-0.39, 0.29) is 0 Å². The van der Waals surface area contributed by atoms with Crippen LogP contribution in [0.1, 0.15) is 44.5 Å². The Labute approximate surface area is 86.4 Å². The van der Waals surface area contributed by atoms with E-state index in [0.717, 1.165) is 0 Å². The summed E-state index contributed by atoms with van der Waals surface area (Å²) in [5.41, 5.74) is 5.44. The Kier molecular flexibility index (Phi) is 12.5. The molecule has 3 nitrogen and oxygen atoms in total. The van der Waals surface area contributed by atoms with Crippen LogP contribution >= 0.6 is 0 Å². The fraction of sp³-hybridized carbons (Fsp3) is 0.455. The van der Waals surface area contributed by atoms with Crippen molar-refractivity contribution in [3.8, 4) is 0 Å². The topological polar surface area (TPSA) is 56.0 Å². The molecule has 1 amide bonds. The maximum absolute atomic E-state index is 10.4. The number of carbonyl (C=O) groups excluding carboxylic acids is 1. The van der Waals surface area contributed by atoms with Crippen LogP contribution < -0.4 is 5.73 Å². The number of rotatable bonds is 1. The molecule has 0 atom stereocenters. The average molecular weight is 196 g/mol. The minimum absolute atomic E-state index is 0.419. The lowest BCUT2D eigenvalue weighted by atomic mass is 10.3. The van der Waals surface area contributed by atoms with Crippen LogP contribution in [0.2, 0.25) is 0 Å². The van der Waals surface area contributed by atoms with Gasteiger partial charge in [-0.2, -0.15) is 0 Å². The minimum atomic E-state index is -0.419. The van der Waals surface area contributed by atoms with Gasteiger partial charge in [-0.3, -0.25) is 9.78 Å². The third-order valence-corrected chi connectivity index (χ3v) is 0.965. The van der Waals surface area contributed by atoms with Gasteiger partial charge in [-0.15, -0.1) is 0 Å². The van der Waals surface area contributed by atoms with Crippen LogP contribution in [0.15, 0.2) is 24.5 Å². The van der Waals surface area contributed by atoms with Crippen molar-refractivity contribution in [3.63, 3.8) is 0 Å². The van der Waals surface area contributed by atoms with Gasteiger partial charge in [0.05, 0.1) is 0 Å². The number of primary amides is 1. The van der Waals surface area contributed by atoms with Crippen molar-refractivity contribution in [2.75, 3.05) is 0 Å². The van der Waals surface area contributed by atoms with Gasteiger partial charge in [-0.25, -0.2) is 0 Å². The number of aromatic nitrogens is 1. The molecular weight excluding hydrogens is 176 g/mol. The van der Waals surface area contributed by atoms with Crippen molar-refractivity contribution >= 4 is 5.91 Å². The van der Waals surface area contributed by atoms with E-state index in [1.807, 2.05) is 13.8 Å². The van der Waals surface area contributed by atoms with E-state index >= 15 is 0 Å². The van der Waals surface area contributed by atoms with Crippen molar-refractivity contribution in [3.05, 3.63) is 30.1 Å². The summed E-state index contributed by atoms with van der Waals surface area (Å²) in [5, 5.41) is 0. The lowest BCUT2D eigenvalue weighted by Crippen LogP contribution is -2.10. The summed E-state index contributed by atoms with van der Waals surface area (Å²) in [6, 6.07) is 3.14. The van der Waals surface area contributed by atoms with E-state index in [4.69, 9.17) is 5.73 Å². The number of nitrogens with zero attached hydrogens (tertiary/aromatic N) is 1. The van der Waals surface area contributed by atoms with Crippen molar-refractivity contribution in [1.82, 2.24) is 4.98 Å². The normalized spacial score (nSPS) is 7.43. The fourth-order valence-electron chi connectivity index (χ4n) is 0.516. The summed E-state index contributed by atoms with van der Waals surface area (Å²) in [7, 11) is 0. The van der Waals surface area contributed by atoms with Gasteiger partial charge in [-0.1, -0.05) is 34.1 Å². The summed E-state index contributed by atoms with van der Waals surface area (Å²) in [5.74, 6) is -0.419. The zero-order valence-electron chi connectivity index (χ0n) is 9.45. The van der Waals surface area contributed by atoms with Crippen molar-refractivity contribution < 1.29 is 4.79 Å². The Morgan fingerprint density at radius 1 is 1.29 bits per heavy atom. The van der Waals surface area contributed by atoms with Crippen LogP contribution in [0.25, 0.3) is 0 Å². The van der Waals surface area contributed by atoms with Gasteiger partial charge in [0.15, 0.2) is 0 Å². The molecule has 1 rings (SSSR count). The number of carbonyl (C=O) groups is 1. The standard InChI is InChI=1S/C6H6N2O.C3H8.C2H6/c7-6(9)5-1-3-8-4-2-5;1-3-2;1-2/h1-4H,(H2,7,9);3H2,1-2H3;1-2H3. The molecule has 0 radical (unpaired) electrons. The van der Waals surface area contributed by atoms with E-state index in [1.54, 1.807) is 12.1 Å². The van der Waals surface area contributed by atoms with Crippen molar-refractivity contribution in [1.29, 1.82) is 0 Å². The van der Waals surface area contributed by atoms with E-state index in [2.05, 4.69) is 18.8 Å². The maximum atomic E-state index is 10.4. The molecule has 0 fully saturated rings. The molecule has 0 aliphatic rings. The van der Waals surface area contributed by atoms with Gasteiger partial charge in [0.1, 0.15) is 0 Å². The van der Waals surface area contributed by atoms with Gasteiger partial charge >= 0.3 is 0 Å². The van der Waals surface area contributed by atoms with E-state index in [0.29, 0.717) is 5.56 Å². The van der Waals surface area contributed by atoms with E-state index in [1.165, 1.54) is 18.8 Å². The molecule has 0 spiro atoms. The Morgan fingerprint density at radius 2 is 1.64 bits per heavy atom. The van der Waals surface area contributed by atoms with Gasteiger partial charge in [0, 0.05) is 18.0 Å². The molecular formula is C11H20N2O. The van der Waals surface area contributed by atoms with Crippen LogP contribution in [0.4, 0.5) is 0 Å². The molecule has 0 bridgehead atoms. The molecule has 0 unspecified atom stereocenters. The van der Waals surface area contributed by atoms with Crippen LogP contribution in [0.3, 0.4) is 0 Å². The van der Waals surface area contributed by atoms with E-state index in [9.17, 15) is 4.79 Å². The van der Waals surface area contributed by atoms with Crippen LogP contribution in [0, 0.1) is 0 Å². The highest BCUT2D eigenvalue weighted by Crippen LogP contribution is 1.91. The second kappa shape index (κ2) is 11.6. The quantitative estimate of drug-likeness (QED) is 0.750. The molecule has 1 heterocycles. The first-order valence-electron chi connectivity index (χ1n) is 4.92. The highest BCUT2D eigenvalue weighted by molar-refractivity contribution is 5.92.